The number of hydrogen-bond donors (Lipinski definition) is 0. The van der Waals surface area contributed by atoms with E-state index in [9.17, 15) is 14.0 Å². The molecule has 1 aromatic heterocycles. The van der Waals surface area contributed by atoms with Gasteiger partial charge in [-0.25, -0.2) is 4.39 Å². The lowest BCUT2D eigenvalue weighted by Gasteiger charge is -2.04. The molecular formula is C18H15FN2O4S. The van der Waals surface area contributed by atoms with Crippen molar-refractivity contribution >= 4 is 33.4 Å². The minimum absolute atomic E-state index is 0.212. The number of methoxy groups -OCH3 is 2. The summed E-state index contributed by atoms with van der Waals surface area (Å²) >= 11 is 1.12. The maximum atomic E-state index is 14.3. The largest absolute Gasteiger partial charge is 0.497 e. The Morgan fingerprint density at radius 1 is 1.15 bits per heavy atom. The molecule has 0 N–H and O–H groups in total. The van der Waals surface area contributed by atoms with Gasteiger partial charge in [0.25, 0.3) is 5.91 Å². The minimum atomic E-state index is -0.564. The van der Waals surface area contributed by atoms with Crippen LogP contribution in [0.2, 0.25) is 0 Å². The number of para-hydroxylation sites is 1. The molecule has 2 aromatic carbocycles. The Bertz CT molecular complexity index is 1040. The van der Waals surface area contributed by atoms with Crippen LogP contribution in [0.4, 0.5) is 4.39 Å². The van der Waals surface area contributed by atoms with E-state index in [4.69, 9.17) is 4.74 Å². The van der Waals surface area contributed by atoms with Crippen LogP contribution in [0.15, 0.2) is 47.5 Å². The van der Waals surface area contributed by atoms with E-state index in [0.717, 1.165) is 11.3 Å². The number of carbonyl (C=O) groups excluding carboxylic acids is 2. The summed E-state index contributed by atoms with van der Waals surface area (Å²) in [6.07, 6.45) is 0. The Morgan fingerprint density at radius 2 is 1.88 bits per heavy atom. The highest BCUT2D eigenvalue weighted by Gasteiger charge is 2.15. The number of halogens is 1. The molecule has 0 atom stereocenters. The van der Waals surface area contributed by atoms with E-state index in [1.54, 1.807) is 36.4 Å². The van der Waals surface area contributed by atoms with Gasteiger partial charge in [0.1, 0.15) is 18.1 Å². The minimum Gasteiger partial charge on any atom is -0.497 e. The number of hydrogen-bond acceptors (Lipinski definition) is 5. The number of amides is 1. The number of thiazole rings is 1. The Balaban J connectivity index is 2.11. The topological polar surface area (TPSA) is 69.9 Å². The molecule has 0 aliphatic heterocycles. The van der Waals surface area contributed by atoms with Crippen LogP contribution in [0.1, 0.15) is 10.4 Å². The van der Waals surface area contributed by atoms with Gasteiger partial charge in [-0.1, -0.05) is 17.4 Å². The molecule has 0 aliphatic carbocycles. The molecule has 134 valence electrons. The number of nitrogens with zero attached hydrogens (tertiary/aromatic N) is 2. The van der Waals surface area contributed by atoms with Crippen molar-refractivity contribution in [2.75, 3.05) is 14.2 Å². The number of fused-ring (bicyclic) bond motifs is 1. The Kier molecular flexibility index (Phi) is 5.13. The number of rotatable bonds is 4. The van der Waals surface area contributed by atoms with E-state index < -0.39 is 17.7 Å². The summed E-state index contributed by atoms with van der Waals surface area (Å²) in [4.78, 5) is 28.5. The van der Waals surface area contributed by atoms with E-state index in [0.29, 0.717) is 16.0 Å². The summed E-state index contributed by atoms with van der Waals surface area (Å²) in [5.41, 5.74) is 0.567. The lowest BCUT2D eigenvalue weighted by atomic mass is 10.2. The summed E-state index contributed by atoms with van der Waals surface area (Å²) in [6, 6.07) is 11.0. The Morgan fingerprint density at radius 3 is 2.54 bits per heavy atom. The maximum absolute atomic E-state index is 14.3. The van der Waals surface area contributed by atoms with Crippen LogP contribution >= 0.6 is 11.3 Å². The standard InChI is InChI=1S/C18H15FN2O4S/c1-24-12-8-6-11(7-9-12)17(23)20-18-21(10-15(22)25-2)16-13(19)4-3-5-14(16)26-18/h3-9H,10H2,1-2H3. The third-order valence-corrected chi connectivity index (χ3v) is 4.74. The van der Waals surface area contributed by atoms with Gasteiger partial charge in [0.15, 0.2) is 4.80 Å². The molecule has 0 unspecified atom stereocenters. The SMILES string of the molecule is COC(=O)Cn1c(=NC(=O)c2ccc(OC)cc2)sc2cccc(F)c21. The van der Waals surface area contributed by atoms with Gasteiger partial charge in [0, 0.05) is 5.56 Å². The van der Waals surface area contributed by atoms with Crippen LogP contribution in [-0.2, 0) is 16.1 Å². The first-order chi connectivity index (χ1) is 12.5. The highest BCUT2D eigenvalue weighted by molar-refractivity contribution is 7.16. The van der Waals surface area contributed by atoms with Crippen molar-refractivity contribution in [3.63, 3.8) is 0 Å². The van der Waals surface area contributed by atoms with Crippen LogP contribution in [-0.4, -0.2) is 30.7 Å². The van der Waals surface area contributed by atoms with Crippen LogP contribution in [0.3, 0.4) is 0 Å². The highest BCUT2D eigenvalue weighted by Crippen LogP contribution is 2.20. The third-order valence-electron chi connectivity index (χ3n) is 3.70. The molecule has 0 saturated heterocycles. The first-order valence-electron chi connectivity index (χ1n) is 7.61. The number of carbonyl (C=O) groups is 2. The lowest BCUT2D eigenvalue weighted by molar-refractivity contribution is -0.141. The Hall–Kier alpha value is -3.00. The van der Waals surface area contributed by atoms with Gasteiger partial charge in [-0.15, -0.1) is 0 Å². The zero-order valence-electron chi connectivity index (χ0n) is 14.1. The van der Waals surface area contributed by atoms with Gasteiger partial charge >= 0.3 is 5.97 Å². The molecule has 26 heavy (non-hydrogen) atoms. The van der Waals surface area contributed by atoms with E-state index in [1.807, 2.05) is 0 Å². The number of aromatic nitrogens is 1. The normalized spacial score (nSPS) is 11.6. The second-order valence-electron chi connectivity index (χ2n) is 5.28. The molecule has 0 fully saturated rings. The number of ether oxygens (including phenoxy) is 2. The second kappa shape index (κ2) is 7.49. The van der Waals surface area contributed by atoms with E-state index in [2.05, 4.69) is 9.73 Å². The molecule has 8 heteroatoms. The monoisotopic (exact) mass is 374 g/mol. The average molecular weight is 374 g/mol. The molecule has 0 saturated carbocycles. The zero-order valence-corrected chi connectivity index (χ0v) is 14.9. The lowest BCUT2D eigenvalue weighted by Crippen LogP contribution is -2.22. The van der Waals surface area contributed by atoms with Crippen molar-refractivity contribution in [3.8, 4) is 5.75 Å². The fourth-order valence-corrected chi connectivity index (χ4v) is 3.44. The zero-order chi connectivity index (χ0) is 18.7. The molecule has 0 radical (unpaired) electrons. The fourth-order valence-electron chi connectivity index (χ4n) is 2.40. The second-order valence-corrected chi connectivity index (χ2v) is 6.29. The van der Waals surface area contributed by atoms with Crippen molar-refractivity contribution in [2.24, 2.45) is 4.99 Å². The highest BCUT2D eigenvalue weighted by atomic mass is 32.1. The maximum Gasteiger partial charge on any atom is 0.325 e. The van der Waals surface area contributed by atoms with Crippen LogP contribution in [0.25, 0.3) is 10.2 Å². The van der Waals surface area contributed by atoms with Crippen LogP contribution in [0, 0.1) is 5.82 Å². The first kappa shape index (κ1) is 17.8. The predicted molar refractivity (Wildman–Crippen MR) is 94.7 cm³/mol. The summed E-state index contributed by atoms with van der Waals surface area (Å²) in [7, 11) is 2.77. The quantitative estimate of drug-likeness (QED) is 0.659. The van der Waals surface area contributed by atoms with Gasteiger partial charge < -0.3 is 14.0 Å². The number of benzene rings is 2. The molecule has 1 heterocycles. The first-order valence-corrected chi connectivity index (χ1v) is 8.43. The van der Waals surface area contributed by atoms with Crippen LogP contribution in [0.5, 0.6) is 5.75 Å². The Labute approximate surface area is 152 Å². The van der Waals surface area contributed by atoms with Crippen molar-refractivity contribution in [2.45, 2.75) is 6.54 Å². The van der Waals surface area contributed by atoms with Crippen molar-refractivity contribution in [1.82, 2.24) is 4.57 Å². The van der Waals surface area contributed by atoms with E-state index in [-0.39, 0.29) is 16.9 Å². The van der Waals surface area contributed by atoms with E-state index in [1.165, 1.54) is 24.9 Å². The molecule has 0 bridgehead atoms. The number of esters is 1. The fraction of sp³-hybridized carbons (Fsp3) is 0.167. The smallest absolute Gasteiger partial charge is 0.325 e. The third kappa shape index (κ3) is 3.50. The molecule has 3 rings (SSSR count). The molecule has 1 amide bonds. The van der Waals surface area contributed by atoms with E-state index >= 15 is 0 Å². The van der Waals surface area contributed by atoms with Crippen molar-refractivity contribution < 1.29 is 23.5 Å². The molecule has 3 aromatic rings. The van der Waals surface area contributed by atoms with Gasteiger partial charge in [-0.05, 0) is 36.4 Å². The van der Waals surface area contributed by atoms with Gasteiger partial charge in [-0.3, -0.25) is 9.59 Å². The molecule has 6 nitrogen and oxygen atoms in total. The summed E-state index contributed by atoms with van der Waals surface area (Å²) in [5.74, 6) is -0.947. The average Bonchev–Trinajstić information content (AvgIpc) is 3.00. The molecular weight excluding hydrogens is 359 g/mol. The van der Waals surface area contributed by atoms with Crippen molar-refractivity contribution in [3.05, 3.63) is 58.6 Å². The van der Waals surface area contributed by atoms with Gasteiger partial charge in [0.2, 0.25) is 0 Å². The van der Waals surface area contributed by atoms with Gasteiger partial charge in [0.05, 0.1) is 24.4 Å². The van der Waals surface area contributed by atoms with Gasteiger partial charge in [-0.2, -0.15) is 4.99 Å². The molecule has 0 aliphatic rings. The predicted octanol–water partition coefficient (Wildman–Crippen LogP) is 2.76. The van der Waals surface area contributed by atoms with Crippen LogP contribution < -0.4 is 9.54 Å². The van der Waals surface area contributed by atoms with Crippen molar-refractivity contribution in [1.29, 1.82) is 0 Å². The summed E-state index contributed by atoms with van der Waals surface area (Å²) in [5, 5.41) is 0. The molecule has 0 spiro atoms. The summed E-state index contributed by atoms with van der Waals surface area (Å²) < 4.78 is 25.9. The summed E-state index contributed by atoms with van der Waals surface area (Å²) in [6.45, 7) is -0.244.